The van der Waals surface area contributed by atoms with E-state index in [1.165, 1.54) is 0 Å². The second-order valence-corrected chi connectivity index (χ2v) is 6.07. The molecule has 0 aliphatic carbocycles. The first-order valence-electron chi connectivity index (χ1n) is 8.01. The van der Waals surface area contributed by atoms with Gasteiger partial charge in [0.05, 0.1) is 0 Å². The zero-order valence-corrected chi connectivity index (χ0v) is 13.8. The Balaban J connectivity index is 1.69. The van der Waals surface area contributed by atoms with E-state index in [1.54, 1.807) is 6.92 Å². The predicted octanol–water partition coefficient (Wildman–Crippen LogP) is 3.72. The Kier molecular flexibility index (Phi) is 4.47. The highest BCUT2D eigenvalue weighted by Gasteiger charge is 2.06. The van der Waals surface area contributed by atoms with Crippen molar-refractivity contribution in [2.45, 2.75) is 26.7 Å². The van der Waals surface area contributed by atoms with Gasteiger partial charge in [-0.25, -0.2) is 0 Å². The second kappa shape index (κ2) is 6.71. The number of carbonyl (C=O) groups is 1. The van der Waals surface area contributed by atoms with Crippen molar-refractivity contribution in [3.05, 3.63) is 75.6 Å². The summed E-state index contributed by atoms with van der Waals surface area (Å²) in [4.78, 5) is 26.7. The fourth-order valence-electron chi connectivity index (χ4n) is 2.70. The number of benzene rings is 2. The van der Waals surface area contributed by atoms with Gasteiger partial charge < -0.3 is 10.3 Å². The Hall–Kier alpha value is -2.88. The third-order valence-corrected chi connectivity index (χ3v) is 4.16. The zero-order valence-electron chi connectivity index (χ0n) is 13.8. The SMILES string of the molecule is Cc1ccccc1NC(=O)CCc1ccc2cc(C)c(=O)[nH]c2c1. The fraction of sp³-hybridized carbons (Fsp3) is 0.200. The molecular formula is C20H20N2O2. The van der Waals surface area contributed by atoms with Gasteiger partial charge in [0.2, 0.25) is 5.91 Å². The number of aromatic nitrogens is 1. The van der Waals surface area contributed by atoms with Crippen LogP contribution in [0.2, 0.25) is 0 Å². The monoisotopic (exact) mass is 320 g/mol. The molecule has 0 spiro atoms. The maximum atomic E-state index is 12.1. The van der Waals surface area contributed by atoms with Gasteiger partial charge in [0.25, 0.3) is 5.56 Å². The number of fused-ring (bicyclic) bond motifs is 1. The third kappa shape index (κ3) is 3.54. The number of amides is 1. The van der Waals surface area contributed by atoms with Gasteiger partial charge in [-0.05, 0) is 55.0 Å². The van der Waals surface area contributed by atoms with Crippen molar-refractivity contribution in [2.75, 3.05) is 5.32 Å². The largest absolute Gasteiger partial charge is 0.326 e. The van der Waals surface area contributed by atoms with Crippen LogP contribution in [0.1, 0.15) is 23.1 Å². The fourth-order valence-corrected chi connectivity index (χ4v) is 2.70. The molecule has 122 valence electrons. The molecule has 0 aliphatic rings. The molecule has 4 heteroatoms. The average Bonchev–Trinajstić information content (AvgIpc) is 2.56. The van der Waals surface area contributed by atoms with Gasteiger partial charge in [0.1, 0.15) is 0 Å². The summed E-state index contributed by atoms with van der Waals surface area (Å²) in [5.74, 6) is -0.0122. The molecular weight excluding hydrogens is 300 g/mol. The molecule has 0 radical (unpaired) electrons. The van der Waals surface area contributed by atoms with Crippen molar-refractivity contribution < 1.29 is 4.79 Å². The maximum absolute atomic E-state index is 12.1. The first-order chi connectivity index (χ1) is 11.5. The van der Waals surface area contributed by atoms with Crippen LogP contribution in [-0.2, 0) is 11.2 Å². The van der Waals surface area contributed by atoms with Crippen LogP contribution in [0.15, 0.2) is 53.3 Å². The lowest BCUT2D eigenvalue weighted by Crippen LogP contribution is -2.13. The number of anilines is 1. The minimum Gasteiger partial charge on any atom is -0.326 e. The molecule has 0 unspecified atom stereocenters. The van der Waals surface area contributed by atoms with Crippen LogP contribution in [-0.4, -0.2) is 10.9 Å². The first-order valence-corrected chi connectivity index (χ1v) is 8.01. The number of carbonyl (C=O) groups excluding carboxylic acids is 1. The maximum Gasteiger partial charge on any atom is 0.251 e. The van der Waals surface area contributed by atoms with Gasteiger partial charge in [0.15, 0.2) is 0 Å². The number of aryl methyl sites for hydroxylation is 3. The minimum absolute atomic E-state index is 0.0122. The van der Waals surface area contributed by atoms with Crippen LogP contribution in [0.4, 0.5) is 5.69 Å². The smallest absolute Gasteiger partial charge is 0.251 e. The molecule has 3 aromatic rings. The lowest BCUT2D eigenvalue weighted by molar-refractivity contribution is -0.116. The van der Waals surface area contributed by atoms with Crippen LogP contribution in [0, 0.1) is 13.8 Å². The molecule has 0 saturated carbocycles. The van der Waals surface area contributed by atoms with Crippen molar-refractivity contribution in [3.63, 3.8) is 0 Å². The van der Waals surface area contributed by atoms with Crippen LogP contribution in [0.25, 0.3) is 10.9 Å². The Morgan fingerprint density at radius 3 is 2.62 bits per heavy atom. The van der Waals surface area contributed by atoms with Gasteiger partial charge in [-0.15, -0.1) is 0 Å². The highest BCUT2D eigenvalue weighted by molar-refractivity contribution is 5.91. The van der Waals surface area contributed by atoms with Gasteiger partial charge in [-0.2, -0.15) is 0 Å². The van der Waals surface area contributed by atoms with E-state index >= 15 is 0 Å². The summed E-state index contributed by atoms with van der Waals surface area (Å²) in [5, 5.41) is 3.94. The average molecular weight is 320 g/mol. The number of nitrogens with one attached hydrogen (secondary N) is 2. The normalized spacial score (nSPS) is 10.8. The Labute approximate surface area is 140 Å². The molecule has 24 heavy (non-hydrogen) atoms. The summed E-state index contributed by atoms with van der Waals surface area (Å²) in [6.07, 6.45) is 1.03. The summed E-state index contributed by atoms with van der Waals surface area (Å²) in [7, 11) is 0. The van der Waals surface area contributed by atoms with E-state index in [2.05, 4.69) is 10.3 Å². The number of pyridine rings is 1. The Morgan fingerprint density at radius 1 is 1.04 bits per heavy atom. The molecule has 1 amide bonds. The number of aromatic amines is 1. The van der Waals surface area contributed by atoms with Gasteiger partial charge in [-0.1, -0.05) is 30.3 Å². The molecule has 0 atom stereocenters. The lowest BCUT2D eigenvalue weighted by atomic mass is 10.1. The van der Waals surface area contributed by atoms with E-state index in [0.29, 0.717) is 18.4 Å². The minimum atomic E-state index is -0.0723. The number of hydrogen-bond donors (Lipinski definition) is 2. The molecule has 0 bridgehead atoms. The highest BCUT2D eigenvalue weighted by Crippen LogP contribution is 2.16. The van der Waals surface area contributed by atoms with Crippen LogP contribution < -0.4 is 10.9 Å². The number of hydrogen-bond acceptors (Lipinski definition) is 2. The molecule has 1 aromatic heterocycles. The number of H-pyrrole nitrogens is 1. The highest BCUT2D eigenvalue weighted by atomic mass is 16.1. The van der Waals surface area contributed by atoms with E-state index in [9.17, 15) is 9.59 Å². The third-order valence-electron chi connectivity index (χ3n) is 4.16. The van der Waals surface area contributed by atoms with Gasteiger partial charge >= 0.3 is 0 Å². The number of para-hydroxylation sites is 1. The van der Waals surface area contributed by atoms with Crippen LogP contribution >= 0.6 is 0 Å². The van der Waals surface area contributed by atoms with Crippen molar-refractivity contribution in [3.8, 4) is 0 Å². The van der Waals surface area contributed by atoms with E-state index in [4.69, 9.17) is 0 Å². The summed E-state index contributed by atoms with van der Waals surface area (Å²) in [5.41, 5.74) is 4.36. The Bertz CT molecular complexity index is 957. The standard InChI is InChI=1S/C20H20N2O2/c1-13-5-3-4-6-17(13)21-19(23)10-8-15-7-9-16-11-14(2)20(24)22-18(16)12-15/h3-7,9,11-12H,8,10H2,1-2H3,(H,21,23)(H,22,24). The quantitative estimate of drug-likeness (QED) is 0.769. The summed E-state index contributed by atoms with van der Waals surface area (Å²) in [6, 6.07) is 15.5. The lowest BCUT2D eigenvalue weighted by Gasteiger charge is -2.08. The van der Waals surface area contributed by atoms with Crippen LogP contribution in [0.3, 0.4) is 0 Å². The van der Waals surface area contributed by atoms with Crippen molar-refractivity contribution in [2.24, 2.45) is 0 Å². The zero-order chi connectivity index (χ0) is 17.1. The van der Waals surface area contributed by atoms with Gasteiger partial charge in [0, 0.05) is 23.2 Å². The van der Waals surface area contributed by atoms with Crippen molar-refractivity contribution in [1.29, 1.82) is 0 Å². The molecule has 3 rings (SSSR count). The van der Waals surface area contributed by atoms with Crippen molar-refractivity contribution in [1.82, 2.24) is 4.98 Å². The molecule has 0 aliphatic heterocycles. The summed E-state index contributed by atoms with van der Waals surface area (Å²) >= 11 is 0. The molecule has 4 nitrogen and oxygen atoms in total. The molecule has 1 heterocycles. The first kappa shape index (κ1) is 16.0. The van der Waals surface area contributed by atoms with Crippen molar-refractivity contribution >= 4 is 22.5 Å². The summed E-state index contributed by atoms with van der Waals surface area (Å²) in [6.45, 7) is 3.76. The molecule has 2 N–H and O–H groups in total. The van der Waals surface area contributed by atoms with E-state index < -0.39 is 0 Å². The topological polar surface area (TPSA) is 62.0 Å². The predicted molar refractivity (Wildman–Crippen MR) is 97.4 cm³/mol. The van der Waals surface area contributed by atoms with Crippen LogP contribution in [0.5, 0.6) is 0 Å². The second-order valence-electron chi connectivity index (χ2n) is 6.07. The van der Waals surface area contributed by atoms with E-state index in [-0.39, 0.29) is 11.5 Å². The molecule has 0 saturated heterocycles. The van der Waals surface area contributed by atoms with E-state index in [0.717, 1.165) is 27.7 Å². The Morgan fingerprint density at radius 2 is 1.83 bits per heavy atom. The van der Waals surface area contributed by atoms with E-state index in [1.807, 2.05) is 55.5 Å². The molecule has 0 fully saturated rings. The van der Waals surface area contributed by atoms with Gasteiger partial charge in [-0.3, -0.25) is 9.59 Å². The number of rotatable bonds is 4. The summed E-state index contributed by atoms with van der Waals surface area (Å²) < 4.78 is 0. The molecule has 2 aromatic carbocycles.